The number of amides is 2. The number of H-pyrrole nitrogens is 1. The van der Waals surface area contributed by atoms with E-state index in [1.165, 1.54) is 19.1 Å². The first-order valence-corrected chi connectivity index (χ1v) is 8.77. The van der Waals surface area contributed by atoms with Crippen LogP contribution >= 0.6 is 0 Å². The molecule has 0 saturated heterocycles. The summed E-state index contributed by atoms with van der Waals surface area (Å²) in [5.41, 5.74) is 9.41. The number of carbonyl (C=O) groups excluding carboxylic acids is 3. The van der Waals surface area contributed by atoms with E-state index in [-0.39, 0.29) is 0 Å². The molecule has 1 unspecified atom stereocenters. The van der Waals surface area contributed by atoms with Crippen LogP contribution in [0.4, 0.5) is 5.69 Å². The number of primary amides is 1. The molecule has 28 heavy (non-hydrogen) atoms. The van der Waals surface area contributed by atoms with E-state index >= 15 is 0 Å². The fourth-order valence-electron chi connectivity index (χ4n) is 2.83. The molecule has 0 aliphatic heterocycles. The lowest BCUT2D eigenvalue weighted by Crippen LogP contribution is -2.30. The third kappa shape index (κ3) is 3.88. The Balaban J connectivity index is 1.67. The Morgan fingerprint density at radius 3 is 2.32 bits per heavy atom. The molecule has 0 saturated carbocycles. The van der Waals surface area contributed by atoms with E-state index in [0.29, 0.717) is 16.8 Å². The number of nitrogens with two attached hydrogens (primary N) is 1. The third-order valence-corrected chi connectivity index (χ3v) is 4.63. The van der Waals surface area contributed by atoms with Gasteiger partial charge in [0.25, 0.3) is 5.91 Å². The maximum atomic E-state index is 12.4. The molecule has 0 aliphatic rings. The van der Waals surface area contributed by atoms with Gasteiger partial charge in [0.15, 0.2) is 6.10 Å². The highest BCUT2D eigenvalue weighted by molar-refractivity contribution is 6.00. The average molecular weight is 379 g/mol. The van der Waals surface area contributed by atoms with Gasteiger partial charge in [-0.3, -0.25) is 9.59 Å². The van der Waals surface area contributed by atoms with Crippen molar-refractivity contribution in [3.63, 3.8) is 0 Å². The molecule has 7 heteroatoms. The van der Waals surface area contributed by atoms with E-state index < -0.39 is 23.9 Å². The molecule has 144 valence electrons. The fraction of sp³-hybridized carbons (Fsp3) is 0.190. The predicted molar refractivity (Wildman–Crippen MR) is 106 cm³/mol. The van der Waals surface area contributed by atoms with Gasteiger partial charge in [0.05, 0.1) is 5.56 Å². The molecule has 1 heterocycles. The van der Waals surface area contributed by atoms with Crippen molar-refractivity contribution < 1.29 is 19.1 Å². The zero-order valence-electron chi connectivity index (χ0n) is 15.8. The van der Waals surface area contributed by atoms with E-state index in [4.69, 9.17) is 10.5 Å². The van der Waals surface area contributed by atoms with Gasteiger partial charge in [-0.1, -0.05) is 0 Å². The number of carbonyl (C=O) groups is 3. The quantitative estimate of drug-likeness (QED) is 0.591. The molecule has 1 aromatic heterocycles. The topological polar surface area (TPSA) is 114 Å². The summed E-state index contributed by atoms with van der Waals surface area (Å²) in [7, 11) is 0. The average Bonchev–Trinajstić information content (AvgIpc) is 2.95. The maximum absolute atomic E-state index is 12.4. The molecule has 3 rings (SSSR count). The van der Waals surface area contributed by atoms with Gasteiger partial charge in [-0.25, -0.2) is 4.79 Å². The first-order chi connectivity index (χ1) is 13.3. The SMILES string of the molecule is Cc1[nH]c2ccc(C(=O)OC(C)C(=O)Nc3ccc(C(N)=O)cc3)cc2c1C. The Kier molecular flexibility index (Phi) is 5.17. The van der Waals surface area contributed by atoms with Crippen LogP contribution in [-0.4, -0.2) is 28.9 Å². The van der Waals surface area contributed by atoms with E-state index in [0.717, 1.165) is 22.2 Å². The number of hydrogen-bond donors (Lipinski definition) is 3. The number of esters is 1. The Morgan fingerprint density at radius 2 is 1.68 bits per heavy atom. The minimum Gasteiger partial charge on any atom is -0.449 e. The van der Waals surface area contributed by atoms with Crippen molar-refractivity contribution >= 4 is 34.4 Å². The predicted octanol–water partition coefficient (Wildman–Crippen LogP) is 3.07. The molecule has 0 radical (unpaired) electrons. The lowest BCUT2D eigenvalue weighted by molar-refractivity contribution is -0.123. The van der Waals surface area contributed by atoms with Gasteiger partial charge in [0.2, 0.25) is 5.91 Å². The number of aromatic nitrogens is 1. The van der Waals surface area contributed by atoms with Crippen LogP contribution in [0, 0.1) is 13.8 Å². The maximum Gasteiger partial charge on any atom is 0.338 e. The van der Waals surface area contributed by atoms with Crippen molar-refractivity contribution in [3.8, 4) is 0 Å². The largest absolute Gasteiger partial charge is 0.449 e. The van der Waals surface area contributed by atoms with E-state index in [9.17, 15) is 14.4 Å². The zero-order chi connectivity index (χ0) is 20.4. The molecule has 1 atom stereocenters. The summed E-state index contributed by atoms with van der Waals surface area (Å²) in [5, 5.41) is 3.58. The lowest BCUT2D eigenvalue weighted by Gasteiger charge is -2.14. The van der Waals surface area contributed by atoms with Crippen LogP contribution in [-0.2, 0) is 9.53 Å². The number of ether oxygens (including phenoxy) is 1. The van der Waals surface area contributed by atoms with Crippen LogP contribution < -0.4 is 11.1 Å². The molecule has 3 aromatic rings. The van der Waals surface area contributed by atoms with Crippen LogP contribution in [0.2, 0.25) is 0 Å². The van der Waals surface area contributed by atoms with Crippen LogP contribution in [0.5, 0.6) is 0 Å². The highest BCUT2D eigenvalue weighted by Gasteiger charge is 2.20. The molecule has 0 fully saturated rings. The Morgan fingerprint density at radius 1 is 1.04 bits per heavy atom. The van der Waals surface area contributed by atoms with Crippen LogP contribution in [0.15, 0.2) is 42.5 Å². The first kappa shape index (κ1) is 19.2. The number of aryl methyl sites for hydroxylation is 2. The molecule has 2 amide bonds. The van der Waals surface area contributed by atoms with E-state index in [1.54, 1.807) is 24.3 Å². The van der Waals surface area contributed by atoms with Gasteiger partial charge in [-0.2, -0.15) is 0 Å². The summed E-state index contributed by atoms with van der Waals surface area (Å²) in [5.74, 6) is -1.60. The monoisotopic (exact) mass is 379 g/mol. The first-order valence-electron chi connectivity index (χ1n) is 8.77. The summed E-state index contributed by atoms with van der Waals surface area (Å²) in [6.45, 7) is 5.44. The normalized spacial score (nSPS) is 11.8. The van der Waals surface area contributed by atoms with Gasteiger partial charge in [-0.15, -0.1) is 0 Å². The lowest BCUT2D eigenvalue weighted by atomic mass is 10.1. The Bertz CT molecular complexity index is 1070. The minimum atomic E-state index is -0.993. The second-order valence-corrected chi connectivity index (χ2v) is 6.61. The summed E-state index contributed by atoms with van der Waals surface area (Å²) >= 11 is 0. The zero-order valence-corrected chi connectivity index (χ0v) is 15.8. The molecule has 4 N–H and O–H groups in total. The minimum absolute atomic E-state index is 0.336. The second-order valence-electron chi connectivity index (χ2n) is 6.61. The van der Waals surface area contributed by atoms with Gasteiger partial charge in [-0.05, 0) is 68.8 Å². The van der Waals surface area contributed by atoms with Gasteiger partial charge in [0, 0.05) is 27.8 Å². The van der Waals surface area contributed by atoms with Crippen LogP contribution in [0.3, 0.4) is 0 Å². The Labute approximate surface area is 161 Å². The van der Waals surface area contributed by atoms with Crippen molar-refractivity contribution in [1.29, 1.82) is 0 Å². The number of anilines is 1. The summed E-state index contributed by atoms with van der Waals surface area (Å²) < 4.78 is 5.29. The molecule has 2 aromatic carbocycles. The van der Waals surface area contributed by atoms with Gasteiger partial charge in [0.1, 0.15) is 0 Å². The third-order valence-electron chi connectivity index (χ3n) is 4.63. The molecular formula is C21H21N3O4. The van der Waals surface area contributed by atoms with Crippen molar-refractivity contribution in [2.24, 2.45) is 5.73 Å². The number of fused-ring (bicyclic) bond motifs is 1. The van der Waals surface area contributed by atoms with Crippen LogP contribution in [0.1, 0.15) is 38.9 Å². The second kappa shape index (κ2) is 7.56. The Hall–Kier alpha value is -3.61. The molecule has 0 spiro atoms. The highest BCUT2D eigenvalue weighted by Crippen LogP contribution is 2.23. The number of benzene rings is 2. The van der Waals surface area contributed by atoms with E-state index in [2.05, 4.69) is 10.3 Å². The molecule has 0 bridgehead atoms. The highest BCUT2D eigenvalue weighted by atomic mass is 16.5. The number of aromatic amines is 1. The standard InChI is InChI=1S/C21H21N3O4/c1-11-12(2)23-18-9-6-15(10-17(11)18)21(27)28-13(3)20(26)24-16-7-4-14(5-8-16)19(22)25/h4-10,13,23H,1-3H3,(H2,22,25)(H,24,26). The summed E-state index contributed by atoms with van der Waals surface area (Å²) in [6.07, 6.45) is -0.993. The number of nitrogens with one attached hydrogen (secondary N) is 2. The van der Waals surface area contributed by atoms with Crippen molar-refractivity contribution in [3.05, 3.63) is 64.8 Å². The molecule has 0 aliphatic carbocycles. The number of hydrogen-bond acceptors (Lipinski definition) is 4. The van der Waals surface area contributed by atoms with Gasteiger partial charge < -0.3 is 20.8 Å². The number of rotatable bonds is 5. The van der Waals surface area contributed by atoms with Crippen molar-refractivity contribution in [2.45, 2.75) is 26.9 Å². The molecular weight excluding hydrogens is 358 g/mol. The van der Waals surface area contributed by atoms with Crippen molar-refractivity contribution in [2.75, 3.05) is 5.32 Å². The van der Waals surface area contributed by atoms with Gasteiger partial charge >= 0.3 is 5.97 Å². The van der Waals surface area contributed by atoms with E-state index in [1.807, 2.05) is 19.9 Å². The fourth-order valence-corrected chi connectivity index (χ4v) is 2.83. The summed E-state index contributed by atoms with van der Waals surface area (Å²) in [4.78, 5) is 39.0. The molecule has 7 nitrogen and oxygen atoms in total. The van der Waals surface area contributed by atoms with Crippen molar-refractivity contribution in [1.82, 2.24) is 4.98 Å². The summed E-state index contributed by atoms with van der Waals surface area (Å²) in [6, 6.07) is 11.3. The van der Waals surface area contributed by atoms with Crippen LogP contribution in [0.25, 0.3) is 10.9 Å². The smallest absolute Gasteiger partial charge is 0.338 e.